The van der Waals surface area contributed by atoms with E-state index in [2.05, 4.69) is 5.32 Å². The lowest BCUT2D eigenvalue weighted by atomic mass is 10.2. The van der Waals surface area contributed by atoms with Gasteiger partial charge in [-0.3, -0.25) is 0 Å². The molecule has 0 aromatic carbocycles. The van der Waals surface area contributed by atoms with Crippen LogP contribution in [0.5, 0.6) is 0 Å². The van der Waals surface area contributed by atoms with Gasteiger partial charge < -0.3 is 21.6 Å². The van der Waals surface area contributed by atoms with Gasteiger partial charge in [0.1, 0.15) is 6.29 Å². The second-order valence-electron chi connectivity index (χ2n) is 2.52. The Morgan fingerprint density at radius 1 is 1.55 bits per heavy atom. The highest BCUT2D eigenvalue weighted by molar-refractivity contribution is 5.51. The van der Waals surface area contributed by atoms with E-state index < -0.39 is 0 Å². The highest BCUT2D eigenvalue weighted by Crippen LogP contribution is 1.89. The van der Waals surface area contributed by atoms with E-state index >= 15 is 0 Å². The number of carbonyl (C=O) groups excluding carboxylic acids is 1. The van der Waals surface area contributed by atoms with Crippen LogP contribution in [-0.2, 0) is 4.79 Å². The molecular formula is C7H17N3O. The van der Waals surface area contributed by atoms with Crippen molar-refractivity contribution in [2.45, 2.75) is 18.9 Å². The van der Waals surface area contributed by atoms with Crippen LogP contribution in [0.25, 0.3) is 0 Å². The summed E-state index contributed by atoms with van der Waals surface area (Å²) in [6.07, 6.45) is 2.70. The minimum absolute atomic E-state index is 0.124. The summed E-state index contributed by atoms with van der Waals surface area (Å²) in [6, 6.07) is 0.124. The zero-order chi connectivity index (χ0) is 8.53. The van der Waals surface area contributed by atoms with E-state index in [-0.39, 0.29) is 6.04 Å². The van der Waals surface area contributed by atoms with Gasteiger partial charge in [-0.05, 0) is 19.4 Å². The van der Waals surface area contributed by atoms with Crippen LogP contribution in [0.15, 0.2) is 0 Å². The summed E-state index contributed by atoms with van der Waals surface area (Å²) in [4.78, 5) is 9.88. The second-order valence-corrected chi connectivity index (χ2v) is 2.52. The molecule has 0 rings (SSSR count). The van der Waals surface area contributed by atoms with Crippen molar-refractivity contribution in [1.82, 2.24) is 5.32 Å². The van der Waals surface area contributed by atoms with Crippen molar-refractivity contribution in [3.63, 3.8) is 0 Å². The highest BCUT2D eigenvalue weighted by atomic mass is 16.1. The Morgan fingerprint density at radius 3 is 2.82 bits per heavy atom. The van der Waals surface area contributed by atoms with Crippen LogP contribution in [-0.4, -0.2) is 32.0 Å². The molecule has 0 bridgehead atoms. The van der Waals surface area contributed by atoms with Crippen LogP contribution < -0.4 is 16.8 Å². The fourth-order valence-electron chi connectivity index (χ4n) is 0.810. The monoisotopic (exact) mass is 159 g/mol. The molecule has 0 unspecified atom stereocenters. The van der Waals surface area contributed by atoms with Gasteiger partial charge in [-0.1, -0.05) is 0 Å². The van der Waals surface area contributed by atoms with Crippen LogP contribution in [0.3, 0.4) is 0 Å². The standard InChI is InChI=1S/C7H17N3O/c8-3-1-2-7(9)6-10-4-5-11/h5,7,10H,1-4,6,8-9H2/t7-/m0/s1. The normalized spacial score (nSPS) is 12.9. The van der Waals surface area contributed by atoms with E-state index in [4.69, 9.17) is 11.5 Å². The molecule has 0 aliphatic heterocycles. The zero-order valence-corrected chi connectivity index (χ0v) is 6.75. The van der Waals surface area contributed by atoms with E-state index in [1.165, 1.54) is 0 Å². The molecule has 0 aromatic heterocycles. The predicted octanol–water partition coefficient (Wildman–Crippen LogP) is -1.16. The highest BCUT2D eigenvalue weighted by Gasteiger charge is 1.99. The lowest BCUT2D eigenvalue weighted by Crippen LogP contribution is -2.34. The molecule has 0 amide bonds. The third-order valence-corrected chi connectivity index (χ3v) is 1.41. The van der Waals surface area contributed by atoms with Crippen molar-refractivity contribution >= 4 is 6.29 Å². The number of hydrogen-bond donors (Lipinski definition) is 3. The van der Waals surface area contributed by atoms with Gasteiger partial charge in [-0.2, -0.15) is 0 Å². The van der Waals surface area contributed by atoms with Crippen LogP contribution >= 0.6 is 0 Å². The first-order valence-corrected chi connectivity index (χ1v) is 3.91. The lowest BCUT2D eigenvalue weighted by molar-refractivity contribution is -0.107. The predicted molar refractivity (Wildman–Crippen MR) is 45.2 cm³/mol. The van der Waals surface area contributed by atoms with Gasteiger partial charge in [0.05, 0.1) is 6.54 Å². The second kappa shape index (κ2) is 7.65. The van der Waals surface area contributed by atoms with Crippen molar-refractivity contribution in [2.24, 2.45) is 11.5 Å². The van der Waals surface area contributed by atoms with E-state index in [1.54, 1.807) is 0 Å². The Bertz CT molecular complexity index is 97.7. The number of nitrogens with one attached hydrogen (secondary N) is 1. The average Bonchev–Trinajstić information content (AvgIpc) is 2.01. The summed E-state index contributed by atoms with van der Waals surface area (Å²) in [5.41, 5.74) is 11.0. The quantitative estimate of drug-likeness (QED) is 0.323. The number of hydrogen-bond acceptors (Lipinski definition) is 4. The molecule has 0 heterocycles. The molecule has 0 saturated carbocycles. The maximum Gasteiger partial charge on any atom is 0.133 e. The Labute approximate surface area is 67.3 Å². The molecule has 0 fully saturated rings. The van der Waals surface area contributed by atoms with E-state index in [1.807, 2.05) is 0 Å². The van der Waals surface area contributed by atoms with Crippen LogP contribution in [0.4, 0.5) is 0 Å². The SMILES string of the molecule is NCCC[C@H](N)CNCC=O. The number of nitrogens with two attached hydrogens (primary N) is 2. The molecule has 66 valence electrons. The molecule has 4 nitrogen and oxygen atoms in total. The molecule has 5 N–H and O–H groups in total. The smallest absolute Gasteiger partial charge is 0.133 e. The molecule has 1 atom stereocenters. The summed E-state index contributed by atoms with van der Waals surface area (Å²) in [7, 11) is 0. The summed E-state index contributed by atoms with van der Waals surface area (Å²) in [5, 5.41) is 2.91. The molecular weight excluding hydrogens is 142 g/mol. The van der Waals surface area contributed by atoms with E-state index in [0.29, 0.717) is 19.6 Å². The lowest BCUT2D eigenvalue weighted by Gasteiger charge is -2.09. The van der Waals surface area contributed by atoms with Crippen LogP contribution in [0.1, 0.15) is 12.8 Å². The molecule has 0 spiro atoms. The first kappa shape index (κ1) is 10.6. The Kier molecular flexibility index (Phi) is 7.34. The third-order valence-electron chi connectivity index (χ3n) is 1.41. The molecule has 11 heavy (non-hydrogen) atoms. The first-order valence-electron chi connectivity index (χ1n) is 3.91. The first-order chi connectivity index (χ1) is 5.31. The van der Waals surface area contributed by atoms with Crippen LogP contribution in [0.2, 0.25) is 0 Å². The molecule has 0 aliphatic carbocycles. The van der Waals surface area contributed by atoms with Crippen molar-refractivity contribution in [1.29, 1.82) is 0 Å². The van der Waals surface area contributed by atoms with Crippen molar-refractivity contribution in [3.05, 3.63) is 0 Å². The third kappa shape index (κ3) is 7.45. The fraction of sp³-hybridized carbons (Fsp3) is 0.857. The zero-order valence-electron chi connectivity index (χ0n) is 6.75. The number of rotatable bonds is 7. The minimum atomic E-state index is 0.124. The Hall–Kier alpha value is -0.450. The van der Waals surface area contributed by atoms with Crippen molar-refractivity contribution in [2.75, 3.05) is 19.6 Å². The molecule has 0 saturated heterocycles. The van der Waals surface area contributed by atoms with E-state index in [9.17, 15) is 4.79 Å². The van der Waals surface area contributed by atoms with Crippen molar-refractivity contribution < 1.29 is 4.79 Å². The summed E-state index contributed by atoms with van der Waals surface area (Å²) in [5.74, 6) is 0. The van der Waals surface area contributed by atoms with Gasteiger partial charge in [-0.25, -0.2) is 0 Å². The number of aldehydes is 1. The maximum absolute atomic E-state index is 9.88. The van der Waals surface area contributed by atoms with Gasteiger partial charge >= 0.3 is 0 Å². The molecule has 0 radical (unpaired) electrons. The summed E-state index contributed by atoms with van der Waals surface area (Å²) >= 11 is 0. The van der Waals surface area contributed by atoms with Gasteiger partial charge in [0, 0.05) is 12.6 Å². The average molecular weight is 159 g/mol. The molecule has 0 aliphatic rings. The summed E-state index contributed by atoms with van der Waals surface area (Å²) < 4.78 is 0. The molecule has 0 aromatic rings. The van der Waals surface area contributed by atoms with E-state index in [0.717, 1.165) is 19.1 Å². The van der Waals surface area contributed by atoms with Gasteiger partial charge in [0.25, 0.3) is 0 Å². The Morgan fingerprint density at radius 2 is 2.27 bits per heavy atom. The maximum atomic E-state index is 9.88. The number of carbonyl (C=O) groups is 1. The largest absolute Gasteiger partial charge is 0.330 e. The van der Waals surface area contributed by atoms with Gasteiger partial charge in [0.15, 0.2) is 0 Å². The van der Waals surface area contributed by atoms with Gasteiger partial charge in [0.2, 0.25) is 0 Å². The summed E-state index contributed by atoms with van der Waals surface area (Å²) in [6.45, 7) is 1.76. The minimum Gasteiger partial charge on any atom is -0.330 e. The van der Waals surface area contributed by atoms with Crippen molar-refractivity contribution in [3.8, 4) is 0 Å². The Balaban J connectivity index is 3.08. The fourth-order valence-corrected chi connectivity index (χ4v) is 0.810. The topological polar surface area (TPSA) is 81.1 Å². The molecule has 4 heteroatoms. The van der Waals surface area contributed by atoms with Gasteiger partial charge in [-0.15, -0.1) is 0 Å². The van der Waals surface area contributed by atoms with Crippen LogP contribution in [0, 0.1) is 0 Å².